The monoisotopic (exact) mass is 344 g/mol. The van der Waals surface area contributed by atoms with Crippen LogP contribution in [0.2, 0.25) is 5.02 Å². The molecular weight excluding hydrogens is 328 g/mol. The Kier molecular flexibility index (Phi) is 4.55. The lowest BCUT2D eigenvalue weighted by molar-refractivity contribution is -0.159. The van der Waals surface area contributed by atoms with Crippen molar-refractivity contribution in [2.45, 2.75) is 19.1 Å². The molecule has 0 fully saturated rings. The molecule has 6 heteroatoms. The number of carbonyl (C=O) groups is 1. The summed E-state index contributed by atoms with van der Waals surface area (Å²) in [6.07, 6.45) is 0.242. The molecular formula is C18H17ClN2O3. The van der Waals surface area contributed by atoms with Crippen LogP contribution in [0, 0.1) is 0 Å². The number of carbonyl (C=O) groups excluding carboxylic acids is 1. The molecule has 0 radical (unpaired) electrons. The number of halogens is 1. The number of para-hydroxylation sites is 1. The van der Waals surface area contributed by atoms with Crippen LogP contribution in [0.4, 0.5) is 0 Å². The topological polar surface area (TPSA) is 62.1 Å². The van der Waals surface area contributed by atoms with Gasteiger partial charge in [-0.2, -0.15) is 10.1 Å². The molecule has 2 aromatic rings. The van der Waals surface area contributed by atoms with Crippen LogP contribution in [0.3, 0.4) is 0 Å². The highest BCUT2D eigenvalue weighted by atomic mass is 35.5. The average molecular weight is 345 g/mol. The van der Waals surface area contributed by atoms with Gasteiger partial charge in [0.2, 0.25) is 0 Å². The maximum Gasteiger partial charge on any atom is 0.283 e. The zero-order valence-electron chi connectivity index (χ0n) is 13.1. The molecule has 1 atom stereocenters. The normalized spacial score (nSPS) is 20.0. The van der Waals surface area contributed by atoms with Crippen molar-refractivity contribution >= 4 is 23.2 Å². The van der Waals surface area contributed by atoms with Crippen molar-refractivity contribution in [3.8, 4) is 5.75 Å². The van der Waals surface area contributed by atoms with Crippen LogP contribution < -0.4 is 4.74 Å². The number of rotatable bonds is 4. The van der Waals surface area contributed by atoms with E-state index in [1.165, 1.54) is 0 Å². The first-order valence-electron chi connectivity index (χ1n) is 7.52. The van der Waals surface area contributed by atoms with Crippen LogP contribution in [-0.2, 0) is 10.5 Å². The number of hydrogen-bond donors (Lipinski definition) is 1. The summed E-state index contributed by atoms with van der Waals surface area (Å²) < 4.78 is 5.47. The van der Waals surface area contributed by atoms with Crippen LogP contribution in [-0.4, -0.2) is 28.3 Å². The van der Waals surface area contributed by atoms with Crippen LogP contribution in [0.5, 0.6) is 5.75 Å². The van der Waals surface area contributed by atoms with E-state index in [9.17, 15) is 9.90 Å². The van der Waals surface area contributed by atoms with Gasteiger partial charge in [0.15, 0.2) is 12.3 Å². The van der Waals surface area contributed by atoms with Crippen LogP contribution >= 0.6 is 11.6 Å². The van der Waals surface area contributed by atoms with Gasteiger partial charge in [-0.3, -0.25) is 4.79 Å². The molecule has 0 spiro atoms. The summed E-state index contributed by atoms with van der Waals surface area (Å²) >= 11 is 5.90. The Bertz CT molecular complexity index is 762. The van der Waals surface area contributed by atoms with E-state index < -0.39 is 11.6 Å². The SMILES string of the molecule is CC1=NN(C(=O)COc2ccccc2)[C@](O)(c2ccc(Cl)cc2)C1. The van der Waals surface area contributed by atoms with E-state index in [2.05, 4.69) is 5.10 Å². The van der Waals surface area contributed by atoms with Gasteiger partial charge in [-0.05, 0) is 31.2 Å². The second-order valence-corrected chi connectivity index (χ2v) is 6.08. The first-order chi connectivity index (χ1) is 11.5. The van der Waals surface area contributed by atoms with E-state index in [0.717, 1.165) is 5.01 Å². The maximum absolute atomic E-state index is 12.5. The Labute approximate surface area is 145 Å². The van der Waals surface area contributed by atoms with Crippen LogP contribution in [0.1, 0.15) is 18.9 Å². The molecule has 0 bridgehead atoms. The molecule has 0 saturated heterocycles. The third-order valence-corrected chi connectivity index (χ3v) is 4.02. The lowest BCUT2D eigenvalue weighted by Gasteiger charge is -2.31. The first kappa shape index (κ1) is 16.5. The highest BCUT2D eigenvalue weighted by Gasteiger charge is 2.44. The summed E-state index contributed by atoms with van der Waals surface area (Å²) in [6.45, 7) is 1.56. The third kappa shape index (κ3) is 3.27. The van der Waals surface area contributed by atoms with Gasteiger partial charge >= 0.3 is 0 Å². The number of aliphatic hydroxyl groups is 1. The van der Waals surface area contributed by atoms with Crippen LogP contribution in [0.25, 0.3) is 0 Å². The Morgan fingerprint density at radius 1 is 1.25 bits per heavy atom. The number of benzene rings is 2. The van der Waals surface area contributed by atoms with Gasteiger partial charge in [0, 0.05) is 22.7 Å². The van der Waals surface area contributed by atoms with E-state index in [1.54, 1.807) is 43.3 Å². The van der Waals surface area contributed by atoms with E-state index in [4.69, 9.17) is 16.3 Å². The largest absolute Gasteiger partial charge is 0.484 e. The molecule has 1 amide bonds. The molecule has 3 rings (SSSR count). The predicted molar refractivity (Wildman–Crippen MR) is 91.9 cm³/mol. The number of hydrogen-bond acceptors (Lipinski definition) is 4. The van der Waals surface area contributed by atoms with E-state index >= 15 is 0 Å². The summed E-state index contributed by atoms with van der Waals surface area (Å²) in [6, 6.07) is 15.8. The molecule has 24 heavy (non-hydrogen) atoms. The van der Waals surface area contributed by atoms with E-state index in [-0.39, 0.29) is 13.0 Å². The van der Waals surface area contributed by atoms with Gasteiger partial charge in [-0.1, -0.05) is 41.9 Å². The molecule has 2 aromatic carbocycles. The van der Waals surface area contributed by atoms with Crippen molar-refractivity contribution < 1.29 is 14.6 Å². The molecule has 1 aliphatic rings. The first-order valence-corrected chi connectivity index (χ1v) is 7.90. The van der Waals surface area contributed by atoms with Crippen molar-refractivity contribution in [1.29, 1.82) is 0 Å². The minimum atomic E-state index is -1.52. The molecule has 0 saturated carbocycles. The highest BCUT2D eigenvalue weighted by Crippen LogP contribution is 2.35. The second kappa shape index (κ2) is 6.63. The second-order valence-electron chi connectivity index (χ2n) is 5.64. The standard InChI is InChI=1S/C18H17ClN2O3/c1-13-11-18(23,14-7-9-15(19)10-8-14)21(20-13)17(22)12-24-16-5-3-2-4-6-16/h2-10,23H,11-12H2,1H3/t18-/m1/s1. The molecule has 0 aliphatic carbocycles. The number of hydrazone groups is 1. The van der Waals surface area contributed by atoms with Gasteiger partial charge in [0.1, 0.15) is 5.75 Å². The van der Waals surface area contributed by atoms with Crippen molar-refractivity contribution in [3.05, 3.63) is 65.2 Å². The van der Waals surface area contributed by atoms with Gasteiger partial charge < -0.3 is 9.84 Å². The van der Waals surface area contributed by atoms with Crippen molar-refractivity contribution in [2.75, 3.05) is 6.61 Å². The average Bonchev–Trinajstić information content (AvgIpc) is 2.90. The Hall–Kier alpha value is -2.37. The number of ether oxygens (including phenoxy) is 1. The Morgan fingerprint density at radius 3 is 2.58 bits per heavy atom. The van der Waals surface area contributed by atoms with Crippen molar-refractivity contribution in [3.63, 3.8) is 0 Å². The minimum absolute atomic E-state index is 0.212. The van der Waals surface area contributed by atoms with E-state index in [0.29, 0.717) is 22.0 Å². The van der Waals surface area contributed by atoms with Gasteiger partial charge in [0.25, 0.3) is 5.91 Å². The minimum Gasteiger partial charge on any atom is -0.484 e. The molecule has 1 heterocycles. The molecule has 0 unspecified atom stereocenters. The number of amides is 1. The zero-order chi connectivity index (χ0) is 17.2. The lowest BCUT2D eigenvalue weighted by atomic mass is 9.98. The quantitative estimate of drug-likeness (QED) is 0.926. The molecule has 5 nitrogen and oxygen atoms in total. The van der Waals surface area contributed by atoms with Crippen molar-refractivity contribution in [2.24, 2.45) is 5.10 Å². The maximum atomic E-state index is 12.5. The van der Waals surface area contributed by atoms with Gasteiger partial charge in [0.05, 0.1) is 0 Å². The summed E-state index contributed by atoms with van der Waals surface area (Å²) in [5.41, 5.74) is -0.299. The fourth-order valence-electron chi connectivity index (χ4n) is 2.65. The molecule has 1 N–H and O–H groups in total. The fourth-order valence-corrected chi connectivity index (χ4v) is 2.77. The fraction of sp³-hybridized carbons (Fsp3) is 0.222. The molecule has 0 aromatic heterocycles. The molecule has 124 valence electrons. The van der Waals surface area contributed by atoms with Gasteiger partial charge in [-0.15, -0.1) is 0 Å². The lowest BCUT2D eigenvalue weighted by Crippen LogP contribution is -2.45. The molecule has 1 aliphatic heterocycles. The van der Waals surface area contributed by atoms with Crippen molar-refractivity contribution in [1.82, 2.24) is 5.01 Å². The smallest absolute Gasteiger partial charge is 0.283 e. The Balaban J connectivity index is 1.78. The zero-order valence-corrected chi connectivity index (χ0v) is 13.9. The predicted octanol–water partition coefficient (Wildman–Crippen LogP) is 3.17. The summed E-state index contributed by atoms with van der Waals surface area (Å²) in [5.74, 6) is 0.161. The van der Waals surface area contributed by atoms with Gasteiger partial charge in [-0.25, -0.2) is 0 Å². The summed E-state index contributed by atoms with van der Waals surface area (Å²) in [4.78, 5) is 12.5. The van der Waals surface area contributed by atoms with Crippen LogP contribution in [0.15, 0.2) is 59.7 Å². The summed E-state index contributed by atoms with van der Waals surface area (Å²) in [5, 5.41) is 16.9. The number of nitrogens with zero attached hydrogens (tertiary/aromatic N) is 2. The highest BCUT2D eigenvalue weighted by molar-refractivity contribution is 6.30. The van der Waals surface area contributed by atoms with E-state index in [1.807, 2.05) is 18.2 Å². The Morgan fingerprint density at radius 2 is 1.92 bits per heavy atom. The third-order valence-electron chi connectivity index (χ3n) is 3.77. The summed E-state index contributed by atoms with van der Waals surface area (Å²) in [7, 11) is 0.